The van der Waals surface area contributed by atoms with Crippen molar-refractivity contribution in [1.82, 2.24) is 20.1 Å². The first-order valence-corrected chi connectivity index (χ1v) is 6.97. The smallest absolute Gasteiger partial charge is 0.263 e. The van der Waals surface area contributed by atoms with Crippen LogP contribution in [0.2, 0.25) is 0 Å². The summed E-state index contributed by atoms with van der Waals surface area (Å²) in [7, 11) is 0. The van der Waals surface area contributed by atoms with Gasteiger partial charge in [-0.3, -0.25) is 4.98 Å². The van der Waals surface area contributed by atoms with Gasteiger partial charge in [0, 0.05) is 17.5 Å². The molecular formula is C12H13N5O2S. The molecule has 0 bridgehead atoms. The van der Waals surface area contributed by atoms with Gasteiger partial charge in [-0.15, -0.1) is 11.3 Å². The zero-order chi connectivity index (χ0) is 13.9. The highest BCUT2D eigenvalue weighted by Gasteiger charge is 2.16. The number of aromatic nitrogens is 4. The molecule has 0 aliphatic rings. The summed E-state index contributed by atoms with van der Waals surface area (Å²) in [5.74, 6) is 0.623. The molecule has 3 aromatic heterocycles. The van der Waals surface area contributed by atoms with Crippen LogP contribution in [0.1, 0.15) is 10.6 Å². The molecule has 0 aromatic carbocycles. The Bertz CT molecular complexity index is 697. The largest absolute Gasteiger partial charge is 0.394 e. The quantitative estimate of drug-likeness (QED) is 0.733. The van der Waals surface area contributed by atoms with Crippen molar-refractivity contribution in [3.8, 4) is 0 Å². The number of hydrogen-bond donors (Lipinski definition) is 2. The number of hydrogen-bond acceptors (Lipinski definition) is 8. The minimum Gasteiger partial charge on any atom is -0.394 e. The van der Waals surface area contributed by atoms with E-state index in [1.54, 1.807) is 23.0 Å². The van der Waals surface area contributed by atoms with Crippen LogP contribution in [0, 0.1) is 6.92 Å². The molecule has 8 heteroatoms. The molecule has 0 fully saturated rings. The summed E-state index contributed by atoms with van der Waals surface area (Å²) < 4.78 is 5.10. The van der Waals surface area contributed by atoms with Crippen LogP contribution < -0.4 is 5.32 Å². The molecule has 3 heterocycles. The van der Waals surface area contributed by atoms with E-state index >= 15 is 0 Å². The zero-order valence-electron chi connectivity index (χ0n) is 10.8. The Hall–Kier alpha value is -2.06. The summed E-state index contributed by atoms with van der Waals surface area (Å²) in [5, 5.41) is 17.4. The predicted molar refractivity (Wildman–Crippen MR) is 74.7 cm³/mol. The lowest BCUT2D eigenvalue weighted by Crippen LogP contribution is -2.26. The number of fused-ring (bicyclic) bond motifs is 1. The van der Waals surface area contributed by atoms with E-state index in [-0.39, 0.29) is 12.6 Å². The topological polar surface area (TPSA) is 97.0 Å². The van der Waals surface area contributed by atoms with Crippen LogP contribution in [0.3, 0.4) is 0 Å². The van der Waals surface area contributed by atoms with E-state index in [9.17, 15) is 5.11 Å². The van der Waals surface area contributed by atoms with Gasteiger partial charge in [0.2, 0.25) is 0 Å². The molecule has 1 unspecified atom stereocenters. The van der Waals surface area contributed by atoms with E-state index in [0.717, 1.165) is 16.0 Å². The van der Waals surface area contributed by atoms with Crippen molar-refractivity contribution >= 4 is 28.3 Å². The number of nitrogens with one attached hydrogen (secondary N) is 1. The Morgan fingerprint density at radius 1 is 1.45 bits per heavy atom. The SMILES string of the molecule is Cc1noc2ncnc(NC(CO)Cc3cncs3)c12. The van der Waals surface area contributed by atoms with Gasteiger partial charge in [0.1, 0.15) is 17.5 Å². The van der Waals surface area contributed by atoms with Gasteiger partial charge in [0.05, 0.1) is 23.9 Å². The Kier molecular flexibility index (Phi) is 3.57. The zero-order valence-corrected chi connectivity index (χ0v) is 11.6. The van der Waals surface area contributed by atoms with Crippen molar-refractivity contribution in [3.05, 3.63) is 28.6 Å². The molecule has 3 aromatic rings. The summed E-state index contributed by atoms with van der Waals surface area (Å²) >= 11 is 1.56. The number of nitrogens with zero attached hydrogens (tertiary/aromatic N) is 4. The number of aryl methyl sites for hydroxylation is 1. The summed E-state index contributed by atoms with van der Waals surface area (Å²) in [6.45, 7) is 1.82. The summed E-state index contributed by atoms with van der Waals surface area (Å²) in [6, 6.07) is -0.150. The van der Waals surface area contributed by atoms with Gasteiger partial charge in [0.15, 0.2) is 0 Å². The lowest BCUT2D eigenvalue weighted by Gasteiger charge is -2.16. The first kappa shape index (κ1) is 12.9. The maximum absolute atomic E-state index is 9.52. The molecule has 0 radical (unpaired) electrons. The van der Waals surface area contributed by atoms with Crippen molar-refractivity contribution < 1.29 is 9.63 Å². The van der Waals surface area contributed by atoms with Gasteiger partial charge in [-0.05, 0) is 6.92 Å². The van der Waals surface area contributed by atoms with Crippen LogP contribution in [0.15, 0.2) is 22.6 Å². The molecular weight excluding hydrogens is 278 g/mol. The highest BCUT2D eigenvalue weighted by molar-refractivity contribution is 7.09. The Labute approximate surface area is 118 Å². The van der Waals surface area contributed by atoms with Gasteiger partial charge in [-0.25, -0.2) is 4.98 Å². The molecule has 0 aliphatic carbocycles. The summed E-state index contributed by atoms with van der Waals surface area (Å²) in [6.07, 6.45) is 3.89. The fraction of sp³-hybridized carbons (Fsp3) is 0.333. The molecule has 1 atom stereocenters. The molecule has 0 saturated carbocycles. The van der Waals surface area contributed by atoms with Crippen LogP contribution in [-0.4, -0.2) is 37.9 Å². The molecule has 20 heavy (non-hydrogen) atoms. The fourth-order valence-corrected chi connectivity index (χ4v) is 2.65. The Balaban J connectivity index is 1.85. The van der Waals surface area contributed by atoms with Crippen molar-refractivity contribution in [2.24, 2.45) is 0 Å². The van der Waals surface area contributed by atoms with Crippen molar-refractivity contribution in [1.29, 1.82) is 0 Å². The number of aliphatic hydroxyl groups is 1. The highest BCUT2D eigenvalue weighted by atomic mass is 32.1. The van der Waals surface area contributed by atoms with Gasteiger partial charge in [0.25, 0.3) is 5.71 Å². The number of aliphatic hydroxyl groups excluding tert-OH is 1. The Morgan fingerprint density at radius 2 is 2.35 bits per heavy atom. The molecule has 2 N–H and O–H groups in total. The molecule has 0 amide bonds. The standard InChI is InChI=1S/C12H13N5O2S/c1-7-10-11(14-5-15-12(10)19-17-7)16-8(4-18)2-9-3-13-6-20-9/h3,5-6,8,18H,2,4H2,1H3,(H,14,15,16). The third-order valence-corrected chi connectivity index (χ3v) is 3.74. The number of thiazole rings is 1. The van der Waals surface area contributed by atoms with E-state index in [2.05, 4.69) is 25.4 Å². The van der Waals surface area contributed by atoms with Crippen LogP contribution >= 0.6 is 11.3 Å². The molecule has 0 saturated heterocycles. The third-order valence-electron chi connectivity index (χ3n) is 2.94. The minimum atomic E-state index is -0.150. The van der Waals surface area contributed by atoms with E-state index in [4.69, 9.17) is 4.52 Å². The molecule has 7 nitrogen and oxygen atoms in total. The third kappa shape index (κ3) is 2.47. The lowest BCUT2D eigenvalue weighted by molar-refractivity contribution is 0.274. The van der Waals surface area contributed by atoms with E-state index in [1.165, 1.54) is 6.33 Å². The molecule has 0 aliphatic heterocycles. The van der Waals surface area contributed by atoms with E-state index < -0.39 is 0 Å². The van der Waals surface area contributed by atoms with Crippen LogP contribution in [0.25, 0.3) is 11.1 Å². The number of anilines is 1. The second-order valence-electron chi connectivity index (χ2n) is 4.37. The van der Waals surface area contributed by atoms with Crippen LogP contribution in [-0.2, 0) is 6.42 Å². The average molecular weight is 291 g/mol. The maximum atomic E-state index is 9.52. The highest BCUT2D eigenvalue weighted by Crippen LogP contribution is 2.23. The number of rotatable bonds is 5. The van der Waals surface area contributed by atoms with E-state index in [0.29, 0.717) is 18.0 Å². The minimum absolute atomic E-state index is 0.00623. The monoisotopic (exact) mass is 291 g/mol. The van der Waals surface area contributed by atoms with Crippen molar-refractivity contribution in [3.63, 3.8) is 0 Å². The summed E-state index contributed by atoms with van der Waals surface area (Å²) in [5.41, 5.74) is 2.93. The predicted octanol–water partition coefficient (Wildman–Crippen LogP) is 1.40. The first-order chi connectivity index (χ1) is 9.78. The van der Waals surface area contributed by atoms with Gasteiger partial charge >= 0.3 is 0 Å². The second kappa shape index (κ2) is 5.51. The van der Waals surface area contributed by atoms with Gasteiger partial charge in [-0.1, -0.05) is 5.16 Å². The van der Waals surface area contributed by atoms with E-state index in [1.807, 2.05) is 6.92 Å². The van der Waals surface area contributed by atoms with Gasteiger partial charge < -0.3 is 14.9 Å². The van der Waals surface area contributed by atoms with Crippen molar-refractivity contribution in [2.75, 3.05) is 11.9 Å². The summed E-state index contributed by atoms with van der Waals surface area (Å²) in [4.78, 5) is 13.4. The average Bonchev–Trinajstić information content (AvgIpc) is 3.09. The van der Waals surface area contributed by atoms with Crippen LogP contribution in [0.4, 0.5) is 5.82 Å². The lowest BCUT2D eigenvalue weighted by atomic mass is 10.2. The van der Waals surface area contributed by atoms with Crippen molar-refractivity contribution in [2.45, 2.75) is 19.4 Å². The Morgan fingerprint density at radius 3 is 3.10 bits per heavy atom. The normalized spacial score (nSPS) is 12.7. The molecule has 104 valence electrons. The fourth-order valence-electron chi connectivity index (χ4n) is 1.97. The maximum Gasteiger partial charge on any atom is 0.263 e. The molecule has 3 rings (SSSR count). The van der Waals surface area contributed by atoms with Crippen LogP contribution in [0.5, 0.6) is 0 Å². The second-order valence-corrected chi connectivity index (χ2v) is 5.34. The molecule has 0 spiro atoms. The first-order valence-electron chi connectivity index (χ1n) is 6.09. The van der Waals surface area contributed by atoms with Gasteiger partial charge in [-0.2, -0.15) is 4.98 Å².